The summed E-state index contributed by atoms with van der Waals surface area (Å²) >= 11 is 2.85. The molecule has 4 nitrogen and oxygen atoms in total. The first kappa shape index (κ1) is 14.0. The SMILES string of the molecule is C#CCN1C(=O)SC(=Cc2ccc(O)c(I)c2)C1=O. The standard InChI is InChI=1S/C13H8INO3S/c1-2-5-15-12(17)11(19-13(15)18)7-8-3-4-10(16)9(14)6-8/h1,3-4,6-7,16H,5H2. The largest absolute Gasteiger partial charge is 0.507 e. The molecule has 96 valence electrons. The molecule has 0 atom stereocenters. The van der Waals surface area contributed by atoms with Crippen LogP contribution in [0, 0.1) is 15.9 Å². The monoisotopic (exact) mass is 385 g/mol. The lowest BCUT2D eigenvalue weighted by Gasteiger charge is -2.06. The number of hydrogen-bond donors (Lipinski definition) is 1. The summed E-state index contributed by atoms with van der Waals surface area (Å²) in [6.45, 7) is -0.0187. The molecule has 1 aromatic carbocycles. The van der Waals surface area contributed by atoms with E-state index in [0.29, 0.717) is 8.48 Å². The highest BCUT2D eigenvalue weighted by molar-refractivity contribution is 14.1. The second-order valence-corrected chi connectivity index (χ2v) is 5.84. The summed E-state index contributed by atoms with van der Waals surface area (Å²) in [5, 5.41) is 9.07. The van der Waals surface area contributed by atoms with Crippen LogP contribution in [0.1, 0.15) is 5.56 Å². The number of imide groups is 1. The van der Waals surface area contributed by atoms with Crippen LogP contribution < -0.4 is 0 Å². The quantitative estimate of drug-likeness (QED) is 0.483. The maximum Gasteiger partial charge on any atom is 0.294 e. The van der Waals surface area contributed by atoms with Crippen LogP contribution in [0.3, 0.4) is 0 Å². The molecule has 2 amide bonds. The smallest absolute Gasteiger partial charge is 0.294 e. The highest BCUT2D eigenvalue weighted by Crippen LogP contribution is 2.32. The Kier molecular flexibility index (Phi) is 4.17. The van der Waals surface area contributed by atoms with Gasteiger partial charge in [-0.05, 0) is 58.1 Å². The van der Waals surface area contributed by atoms with Gasteiger partial charge in [0, 0.05) is 0 Å². The summed E-state index contributed by atoms with van der Waals surface area (Å²) in [4.78, 5) is 24.9. The van der Waals surface area contributed by atoms with E-state index in [-0.39, 0.29) is 23.4 Å². The molecule has 19 heavy (non-hydrogen) atoms. The lowest BCUT2D eigenvalue weighted by molar-refractivity contribution is -0.122. The number of aromatic hydroxyl groups is 1. The fourth-order valence-corrected chi connectivity index (χ4v) is 2.87. The van der Waals surface area contributed by atoms with Crippen molar-refractivity contribution in [3.63, 3.8) is 0 Å². The molecule has 0 radical (unpaired) electrons. The number of carbonyl (C=O) groups is 2. The number of terminal acetylenes is 1. The number of nitrogens with zero attached hydrogens (tertiary/aromatic N) is 1. The first-order chi connectivity index (χ1) is 9.02. The minimum atomic E-state index is -0.379. The van der Waals surface area contributed by atoms with Crippen LogP contribution in [0.4, 0.5) is 4.79 Å². The Balaban J connectivity index is 2.30. The van der Waals surface area contributed by atoms with E-state index in [1.807, 2.05) is 22.6 Å². The molecule has 1 N–H and O–H groups in total. The van der Waals surface area contributed by atoms with Crippen LogP contribution >= 0.6 is 34.4 Å². The van der Waals surface area contributed by atoms with Gasteiger partial charge in [-0.3, -0.25) is 14.5 Å². The van der Waals surface area contributed by atoms with E-state index in [4.69, 9.17) is 6.42 Å². The molecule has 1 heterocycles. The summed E-state index contributed by atoms with van der Waals surface area (Å²) in [5.41, 5.74) is 0.744. The van der Waals surface area contributed by atoms with Gasteiger partial charge in [-0.25, -0.2) is 0 Å². The number of phenolic OH excluding ortho intramolecular Hbond substituents is 1. The second-order valence-electron chi connectivity index (χ2n) is 3.68. The zero-order valence-corrected chi connectivity index (χ0v) is 12.6. The molecule has 1 aliphatic rings. The molecule has 1 fully saturated rings. The average molecular weight is 385 g/mol. The van der Waals surface area contributed by atoms with Crippen LogP contribution in [0.25, 0.3) is 6.08 Å². The average Bonchev–Trinajstić information content (AvgIpc) is 2.62. The fourth-order valence-electron chi connectivity index (χ4n) is 1.49. The molecule has 6 heteroatoms. The molecule has 0 unspecified atom stereocenters. The van der Waals surface area contributed by atoms with Crippen molar-refractivity contribution in [2.75, 3.05) is 6.54 Å². The van der Waals surface area contributed by atoms with E-state index in [0.717, 1.165) is 22.2 Å². The summed E-state index contributed by atoms with van der Waals surface area (Å²) in [5.74, 6) is 2.08. The number of benzene rings is 1. The number of carbonyl (C=O) groups excluding carboxylic acids is 2. The van der Waals surface area contributed by atoms with Gasteiger partial charge in [-0.2, -0.15) is 0 Å². The molecular formula is C13H8INO3S. The second kappa shape index (κ2) is 5.67. The van der Waals surface area contributed by atoms with Crippen molar-refractivity contribution in [2.45, 2.75) is 0 Å². The normalized spacial score (nSPS) is 17.1. The van der Waals surface area contributed by atoms with E-state index in [1.165, 1.54) is 0 Å². The maximum atomic E-state index is 11.9. The third kappa shape index (κ3) is 2.93. The lowest BCUT2D eigenvalue weighted by Crippen LogP contribution is -2.28. The van der Waals surface area contributed by atoms with E-state index in [1.54, 1.807) is 24.3 Å². The number of amides is 2. The Hall–Kier alpha value is -1.46. The minimum Gasteiger partial charge on any atom is -0.507 e. The van der Waals surface area contributed by atoms with Crippen LogP contribution in [0.15, 0.2) is 23.1 Å². The molecule has 0 aliphatic carbocycles. The Labute approximate surface area is 128 Å². The van der Waals surface area contributed by atoms with Gasteiger partial charge in [0.1, 0.15) is 5.75 Å². The molecule has 1 aromatic rings. The number of thioether (sulfide) groups is 1. The predicted molar refractivity (Wildman–Crippen MR) is 82.3 cm³/mol. The van der Waals surface area contributed by atoms with Gasteiger partial charge in [0.2, 0.25) is 0 Å². The first-order valence-corrected chi connectivity index (χ1v) is 7.10. The topological polar surface area (TPSA) is 57.6 Å². The van der Waals surface area contributed by atoms with Gasteiger partial charge >= 0.3 is 0 Å². The van der Waals surface area contributed by atoms with Crippen LogP contribution in [0.5, 0.6) is 5.75 Å². The van der Waals surface area contributed by atoms with Crippen molar-refractivity contribution in [3.8, 4) is 18.1 Å². The van der Waals surface area contributed by atoms with Crippen molar-refractivity contribution >= 4 is 51.6 Å². The predicted octanol–water partition coefficient (Wildman–Crippen LogP) is 2.67. The van der Waals surface area contributed by atoms with Crippen LogP contribution in [-0.4, -0.2) is 27.7 Å². The van der Waals surface area contributed by atoms with Gasteiger partial charge in [0.15, 0.2) is 0 Å². The highest BCUT2D eigenvalue weighted by Gasteiger charge is 2.34. The summed E-state index contributed by atoms with van der Waals surface area (Å²) in [6.07, 6.45) is 6.73. The van der Waals surface area contributed by atoms with Gasteiger partial charge < -0.3 is 5.11 Å². The molecule has 1 aliphatic heterocycles. The van der Waals surface area contributed by atoms with Gasteiger partial charge in [0.25, 0.3) is 11.1 Å². The van der Waals surface area contributed by atoms with Crippen molar-refractivity contribution in [2.24, 2.45) is 0 Å². The van der Waals surface area contributed by atoms with Crippen molar-refractivity contribution < 1.29 is 14.7 Å². The highest BCUT2D eigenvalue weighted by atomic mass is 127. The Morgan fingerprint density at radius 2 is 2.21 bits per heavy atom. The molecule has 0 saturated carbocycles. The zero-order valence-electron chi connectivity index (χ0n) is 9.59. The molecule has 1 saturated heterocycles. The van der Waals surface area contributed by atoms with Gasteiger partial charge in [0.05, 0.1) is 15.0 Å². The lowest BCUT2D eigenvalue weighted by atomic mass is 10.2. The van der Waals surface area contributed by atoms with E-state index in [9.17, 15) is 14.7 Å². The van der Waals surface area contributed by atoms with Crippen LogP contribution in [-0.2, 0) is 4.79 Å². The third-order valence-corrected chi connectivity index (χ3v) is 4.16. The van der Waals surface area contributed by atoms with Crippen molar-refractivity contribution in [1.29, 1.82) is 0 Å². The number of phenols is 1. The first-order valence-electron chi connectivity index (χ1n) is 5.20. The number of hydrogen-bond acceptors (Lipinski definition) is 4. The van der Waals surface area contributed by atoms with E-state index < -0.39 is 0 Å². The Morgan fingerprint density at radius 3 is 2.84 bits per heavy atom. The van der Waals surface area contributed by atoms with E-state index >= 15 is 0 Å². The Morgan fingerprint density at radius 1 is 1.47 bits per heavy atom. The summed E-state index contributed by atoms with van der Waals surface area (Å²) in [6, 6.07) is 4.94. The number of rotatable bonds is 2. The summed E-state index contributed by atoms with van der Waals surface area (Å²) in [7, 11) is 0. The number of halogens is 1. The van der Waals surface area contributed by atoms with Crippen LogP contribution in [0.2, 0.25) is 0 Å². The Bertz CT molecular complexity index is 633. The van der Waals surface area contributed by atoms with Gasteiger partial charge in [-0.15, -0.1) is 6.42 Å². The molecule has 0 bridgehead atoms. The summed E-state index contributed by atoms with van der Waals surface area (Å²) < 4.78 is 0.675. The zero-order chi connectivity index (χ0) is 14.0. The van der Waals surface area contributed by atoms with E-state index in [2.05, 4.69) is 5.92 Å². The minimum absolute atomic E-state index is 0.0187. The molecular weight excluding hydrogens is 377 g/mol. The van der Waals surface area contributed by atoms with Gasteiger partial charge in [-0.1, -0.05) is 12.0 Å². The molecule has 2 rings (SSSR count). The van der Waals surface area contributed by atoms with Crippen molar-refractivity contribution in [3.05, 3.63) is 32.2 Å². The van der Waals surface area contributed by atoms with Crippen molar-refractivity contribution in [1.82, 2.24) is 4.90 Å². The maximum absolute atomic E-state index is 11.9. The fraction of sp³-hybridized carbons (Fsp3) is 0.0769. The molecule has 0 spiro atoms. The third-order valence-electron chi connectivity index (χ3n) is 2.39. The molecule has 0 aromatic heterocycles.